The van der Waals surface area contributed by atoms with Crippen molar-refractivity contribution in [2.24, 2.45) is 11.8 Å². The van der Waals surface area contributed by atoms with Gasteiger partial charge in [0.25, 0.3) is 11.8 Å². The van der Waals surface area contributed by atoms with Gasteiger partial charge in [0.05, 0.1) is 38.3 Å². The Morgan fingerprint density at radius 2 is 0.902 bits per heavy atom. The Labute approximate surface area is 594 Å². The minimum Gasteiger partial charge on any atom is -0.446 e. The number of carbonyl (C=O) groups is 11. The first-order valence-electron chi connectivity index (χ1n) is 37.7. The Bertz CT molecular complexity index is 3340. The van der Waals surface area contributed by atoms with E-state index in [0.29, 0.717) is 80.3 Å². The topological polar surface area (TPSA) is 330 Å². The zero-order chi connectivity index (χ0) is 71.8. The third kappa shape index (κ3) is 19.8. The molecule has 7 N–H and O–H groups in total. The molecule has 12 rings (SSSR count). The van der Waals surface area contributed by atoms with Crippen molar-refractivity contribution in [3.05, 3.63) is 70.3 Å². The standard InChI is InChI=1S/C37H52FN5O8.C37H50FN5O8/c2*38-28-15-9-12-24-20-42(22-27(24)28)37(49)51-26-19-31-33(45)40-30(18-23-10-8-11-23)32(44)34(46)39-17-7-3-1-2-4-16-29(35(47)43(31)21-26)41-36(48)50-25-13-5-6-14-25/h9,12,15,23,25-26,29-32,44H,1-8,10-11,13-14,16-22H2,(H,39,46)(H,40,45)(H,41,48);9,12,15,23,25-26,29-31H,1-8,10-11,13-14,16-22H2,(H,39,46)(H,40,45)(H,41,48)/t26-,29+,30?,31+,32?;26-,29+,30?,31+/m11/s1. The van der Waals surface area contributed by atoms with Crippen LogP contribution in [-0.4, -0.2) is 183 Å². The maximum Gasteiger partial charge on any atom is 0.410 e. The van der Waals surface area contributed by atoms with Gasteiger partial charge in [0.1, 0.15) is 60.2 Å². The summed E-state index contributed by atoms with van der Waals surface area (Å²) in [5, 5.41) is 27.9. The molecule has 4 saturated carbocycles. The van der Waals surface area contributed by atoms with Crippen LogP contribution >= 0.6 is 0 Å². The van der Waals surface area contributed by atoms with Crippen molar-refractivity contribution < 1.29 is 85.6 Å². The second kappa shape index (κ2) is 35.8. The summed E-state index contributed by atoms with van der Waals surface area (Å²) in [6, 6.07) is 3.17. The number of hydrogen-bond acceptors (Lipinski definition) is 16. The maximum absolute atomic E-state index is 14.4. The molecule has 0 aromatic heterocycles. The molecule has 0 spiro atoms. The normalized spacial score (nSPS) is 27.9. The molecule has 10 aliphatic rings. The van der Waals surface area contributed by atoms with Crippen LogP contribution in [0.2, 0.25) is 0 Å². The SMILES string of the molecule is O=C(N[C@H]1CCCCCCCNC(=O)C(=O)C(CC2CCC2)NC(=O)[C@@H]2C[C@@H](OC(=O)N3Cc4cccc(F)c4C3)CN2C1=O)OC1CCCC1.O=C(N[C@H]1CCCCCCCNC(=O)C(O)C(CC2CCC2)NC(=O)[C@@H]2C[C@@H](OC(=O)N3Cc4cccc(F)c4C3)CN2C1=O)OC1CCCC1. The van der Waals surface area contributed by atoms with Gasteiger partial charge in [-0.15, -0.1) is 0 Å². The van der Waals surface area contributed by atoms with E-state index in [-0.39, 0.29) is 76.2 Å². The number of aliphatic hydroxyl groups excluding tert-OH is 1. The van der Waals surface area contributed by atoms with Crippen LogP contribution < -0.4 is 31.9 Å². The lowest BCUT2D eigenvalue weighted by atomic mass is 9.79. The summed E-state index contributed by atoms with van der Waals surface area (Å²) >= 11 is 0. The molecule has 6 heterocycles. The second-order valence-electron chi connectivity index (χ2n) is 29.7. The van der Waals surface area contributed by atoms with Crippen molar-refractivity contribution in [3.8, 4) is 0 Å². The molecule has 28 heteroatoms. The lowest BCUT2D eigenvalue weighted by molar-refractivity contribution is -0.143. The van der Waals surface area contributed by atoms with Crippen LogP contribution in [0.5, 0.6) is 0 Å². The number of carbonyl (C=O) groups excluding carboxylic acids is 11. The summed E-state index contributed by atoms with van der Waals surface area (Å²) in [5.74, 6) is -4.64. The van der Waals surface area contributed by atoms with Gasteiger partial charge in [-0.2, -0.15) is 0 Å². The lowest BCUT2D eigenvalue weighted by Gasteiger charge is -2.34. The highest BCUT2D eigenvalue weighted by molar-refractivity contribution is 6.38. The average Bonchev–Trinajstić information content (AvgIpc) is 1.65. The van der Waals surface area contributed by atoms with Crippen LogP contribution in [0.4, 0.5) is 28.0 Å². The minimum atomic E-state index is -1.48. The van der Waals surface area contributed by atoms with Crippen LogP contribution in [0.1, 0.15) is 215 Å². The number of Topliss-reactive ketones (excluding diaryl/α,β-unsaturated/α-hetero) is 1. The molecule has 4 aliphatic carbocycles. The van der Waals surface area contributed by atoms with Gasteiger partial charge in [-0.05, 0) is 125 Å². The Balaban J connectivity index is 0.000000205. The summed E-state index contributed by atoms with van der Waals surface area (Å²) < 4.78 is 51.8. The third-order valence-corrected chi connectivity index (χ3v) is 22.3. The highest BCUT2D eigenvalue weighted by Gasteiger charge is 2.48. The fraction of sp³-hybridized carbons (Fsp3) is 0.689. The summed E-state index contributed by atoms with van der Waals surface area (Å²) in [4.78, 5) is 154. The third-order valence-electron chi connectivity index (χ3n) is 22.3. The van der Waals surface area contributed by atoms with Gasteiger partial charge in [-0.3, -0.25) is 43.4 Å². The number of benzene rings is 2. The first-order valence-corrected chi connectivity index (χ1v) is 37.7. The summed E-state index contributed by atoms with van der Waals surface area (Å²) in [6.07, 6.45) is 15.0. The first kappa shape index (κ1) is 75.0. The number of alkyl carbamates (subject to hydrolysis) is 2. The molecule has 4 saturated heterocycles. The first-order chi connectivity index (χ1) is 49.3. The Kier molecular flexibility index (Phi) is 26.3. The molecular weight excluding hydrogens is 1320 g/mol. The van der Waals surface area contributed by atoms with E-state index < -0.39 is 132 Å². The Morgan fingerprint density at radius 1 is 0.471 bits per heavy atom. The van der Waals surface area contributed by atoms with Crippen molar-refractivity contribution >= 4 is 65.6 Å². The van der Waals surface area contributed by atoms with Crippen molar-refractivity contribution in [3.63, 3.8) is 0 Å². The predicted octanol–water partition coefficient (Wildman–Crippen LogP) is 7.79. The van der Waals surface area contributed by atoms with Gasteiger partial charge in [0.15, 0.2) is 6.10 Å². The smallest absolute Gasteiger partial charge is 0.410 e. The van der Waals surface area contributed by atoms with E-state index in [1.54, 1.807) is 24.3 Å². The zero-order valence-electron chi connectivity index (χ0n) is 58.5. The van der Waals surface area contributed by atoms with Crippen LogP contribution in [0.15, 0.2) is 36.4 Å². The summed E-state index contributed by atoms with van der Waals surface area (Å²) in [5.41, 5.74) is 2.20. The molecule has 558 valence electrons. The van der Waals surface area contributed by atoms with E-state index in [1.807, 2.05) is 0 Å². The summed E-state index contributed by atoms with van der Waals surface area (Å²) in [6.45, 7) is 0.895. The van der Waals surface area contributed by atoms with Gasteiger partial charge in [-0.1, -0.05) is 114 Å². The predicted molar refractivity (Wildman–Crippen MR) is 364 cm³/mol. The number of rotatable bonds is 10. The number of nitrogens with one attached hydrogen (secondary N) is 6. The van der Waals surface area contributed by atoms with Gasteiger partial charge in [0, 0.05) is 50.1 Å². The monoisotopic (exact) mass is 1420 g/mol. The van der Waals surface area contributed by atoms with Crippen molar-refractivity contribution in [2.45, 2.75) is 286 Å². The molecule has 3 unspecified atom stereocenters. The molecule has 0 bridgehead atoms. The average molecular weight is 1430 g/mol. The van der Waals surface area contributed by atoms with E-state index in [2.05, 4.69) is 31.9 Å². The molecule has 6 aliphatic heterocycles. The molecule has 8 fully saturated rings. The molecule has 26 nitrogen and oxygen atoms in total. The Morgan fingerprint density at radius 3 is 1.36 bits per heavy atom. The highest BCUT2D eigenvalue weighted by atomic mass is 19.1. The fourth-order valence-electron chi connectivity index (χ4n) is 15.9. The molecule has 10 amide bonds. The maximum atomic E-state index is 14.4. The lowest BCUT2D eigenvalue weighted by Crippen LogP contribution is -2.57. The number of hydrogen-bond donors (Lipinski definition) is 7. The number of amides is 10. The largest absolute Gasteiger partial charge is 0.446 e. The van der Waals surface area contributed by atoms with E-state index >= 15 is 0 Å². The molecule has 9 atom stereocenters. The fourth-order valence-corrected chi connectivity index (χ4v) is 15.9. The van der Waals surface area contributed by atoms with E-state index in [9.17, 15) is 66.6 Å². The molecular formula is C74H102F2N10O16. The number of ketones is 1. The molecule has 0 radical (unpaired) electrons. The number of halogens is 2. The number of aliphatic hydroxyl groups is 1. The zero-order valence-corrected chi connectivity index (χ0v) is 58.5. The van der Waals surface area contributed by atoms with Crippen LogP contribution in [-0.2, 0) is 78.7 Å². The van der Waals surface area contributed by atoms with Crippen LogP contribution in [0.3, 0.4) is 0 Å². The second-order valence-corrected chi connectivity index (χ2v) is 29.7. The van der Waals surface area contributed by atoms with E-state index in [0.717, 1.165) is 135 Å². The van der Waals surface area contributed by atoms with Gasteiger partial charge in [0.2, 0.25) is 29.4 Å². The highest BCUT2D eigenvalue weighted by Crippen LogP contribution is 2.35. The van der Waals surface area contributed by atoms with Crippen LogP contribution in [0.25, 0.3) is 0 Å². The van der Waals surface area contributed by atoms with Crippen molar-refractivity contribution in [2.75, 3.05) is 26.2 Å². The molecule has 102 heavy (non-hydrogen) atoms. The van der Waals surface area contributed by atoms with Crippen molar-refractivity contribution in [1.29, 1.82) is 0 Å². The quantitative estimate of drug-likeness (QED) is 0.0881. The van der Waals surface area contributed by atoms with Crippen molar-refractivity contribution in [1.82, 2.24) is 51.5 Å². The van der Waals surface area contributed by atoms with Gasteiger partial charge < -0.3 is 65.8 Å². The summed E-state index contributed by atoms with van der Waals surface area (Å²) in [7, 11) is 0. The van der Waals surface area contributed by atoms with E-state index in [1.165, 1.54) is 31.7 Å². The van der Waals surface area contributed by atoms with Gasteiger partial charge >= 0.3 is 24.4 Å². The minimum absolute atomic E-state index is 0.0300. The van der Waals surface area contributed by atoms with E-state index in [4.69, 9.17) is 18.9 Å². The molecule has 2 aromatic carbocycles. The van der Waals surface area contributed by atoms with Gasteiger partial charge in [-0.25, -0.2) is 28.0 Å². The number of fused-ring (bicyclic) bond motifs is 4. The Hall–Kier alpha value is -8.17. The van der Waals surface area contributed by atoms with Crippen LogP contribution in [0, 0.1) is 23.5 Å². The molecule has 2 aromatic rings. The number of nitrogens with zero attached hydrogens (tertiary/aromatic N) is 4. The number of ether oxygens (including phenoxy) is 4.